The lowest BCUT2D eigenvalue weighted by molar-refractivity contribution is -0.145. The molecule has 1 unspecified atom stereocenters. The van der Waals surface area contributed by atoms with E-state index in [9.17, 15) is 40.7 Å². The Balaban J connectivity index is 1.31. The summed E-state index contributed by atoms with van der Waals surface area (Å²) in [6.45, 7) is 3.05. The highest BCUT2D eigenvalue weighted by atomic mass is 19.4. The van der Waals surface area contributed by atoms with Crippen molar-refractivity contribution in [2.24, 2.45) is 11.8 Å². The van der Waals surface area contributed by atoms with E-state index in [2.05, 4.69) is 23.7 Å². The Bertz CT molecular complexity index is 1480. The molecule has 0 aliphatic heterocycles. The summed E-state index contributed by atoms with van der Waals surface area (Å²) in [7, 11) is 0. The molecule has 4 rings (SSSR count). The number of hydrogen-bond acceptors (Lipinski definition) is 4. The van der Waals surface area contributed by atoms with Gasteiger partial charge in [-0.15, -0.1) is 0 Å². The highest BCUT2D eigenvalue weighted by Gasteiger charge is 2.37. The number of ether oxygens (including phenoxy) is 1. The second-order valence-corrected chi connectivity index (χ2v) is 11.2. The first kappa shape index (κ1) is 32.8. The summed E-state index contributed by atoms with van der Waals surface area (Å²) < 4.78 is 84.5. The van der Waals surface area contributed by atoms with Gasteiger partial charge in [-0.05, 0) is 91.5 Å². The van der Waals surface area contributed by atoms with Gasteiger partial charge < -0.3 is 10.1 Å². The maximum Gasteiger partial charge on any atom is 0.416 e. The van der Waals surface area contributed by atoms with E-state index in [1.165, 1.54) is 12.2 Å². The van der Waals surface area contributed by atoms with Crippen LogP contribution >= 0.6 is 0 Å². The number of fused-ring (bicyclic) bond motifs is 1. The van der Waals surface area contributed by atoms with Gasteiger partial charge in [0.25, 0.3) is 0 Å². The second kappa shape index (κ2) is 13.7. The Labute approximate surface area is 250 Å². The lowest BCUT2D eigenvalue weighted by Gasteiger charge is -2.20. The van der Waals surface area contributed by atoms with Gasteiger partial charge in [0.05, 0.1) is 23.3 Å². The SMILES string of the molecule is CC1C[C@H]1COC(=O)CCCCCNC(=O)/C=C/C1=C=C=C2C(=O)/C(=C/c3cc(C(F)(F)F)cc(C(F)(F)F)c3)CCC2=C1. The standard InChI is InChI=1S/C33H31F6NO4/c1-20-13-25(20)19-44-30(42)5-3-2-4-12-40-29(41)11-7-21-6-10-28-23(14-21)8-9-24(31(28)43)15-22-16-26(32(34,35)36)18-27(17-22)33(37,38)39/h7,11,14-18,20,25H,2-5,8-9,12-13,19H2,1H3,(H,40,41)/b11-7+,24-15+/t20?,25-/m0/s1. The summed E-state index contributed by atoms with van der Waals surface area (Å²) in [4.78, 5) is 36.9. The summed E-state index contributed by atoms with van der Waals surface area (Å²) in [5.74, 6) is 0.0379. The van der Waals surface area contributed by atoms with E-state index in [1.807, 2.05) is 0 Å². The molecule has 1 aromatic carbocycles. The van der Waals surface area contributed by atoms with Crippen LogP contribution < -0.4 is 5.32 Å². The quantitative estimate of drug-likeness (QED) is 0.0919. The Morgan fingerprint density at radius 2 is 1.68 bits per heavy atom. The number of alkyl halides is 6. The average Bonchev–Trinajstić information content (AvgIpc) is 3.67. The van der Waals surface area contributed by atoms with Crippen LogP contribution in [0.5, 0.6) is 0 Å². The van der Waals surface area contributed by atoms with Crippen LogP contribution in [0.3, 0.4) is 0 Å². The highest BCUT2D eigenvalue weighted by Crippen LogP contribution is 2.39. The van der Waals surface area contributed by atoms with Crippen molar-refractivity contribution in [1.29, 1.82) is 0 Å². The molecule has 0 radical (unpaired) electrons. The van der Waals surface area contributed by atoms with Gasteiger partial charge in [0.2, 0.25) is 5.91 Å². The Morgan fingerprint density at radius 3 is 2.32 bits per heavy atom. The minimum absolute atomic E-state index is 0.0374. The molecule has 1 aromatic rings. The number of Topliss-reactive ketones (excluding diaryl/α,β-unsaturated/α-hetero) is 1. The first-order valence-electron chi connectivity index (χ1n) is 14.3. The maximum absolute atomic E-state index is 13.2. The van der Waals surface area contributed by atoms with Crippen LogP contribution in [0.4, 0.5) is 26.3 Å². The molecule has 5 nitrogen and oxygen atoms in total. The average molecular weight is 620 g/mol. The molecule has 0 saturated heterocycles. The smallest absolute Gasteiger partial charge is 0.416 e. The van der Waals surface area contributed by atoms with E-state index >= 15 is 0 Å². The van der Waals surface area contributed by atoms with Crippen molar-refractivity contribution in [3.63, 3.8) is 0 Å². The van der Waals surface area contributed by atoms with E-state index in [0.29, 0.717) is 73.9 Å². The normalized spacial score (nSPS) is 20.7. The molecular weight excluding hydrogens is 588 g/mol. The minimum atomic E-state index is -4.99. The topological polar surface area (TPSA) is 72.5 Å². The van der Waals surface area contributed by atoms with Gasteiger partial charge in [-0.2, -0.15) is 26.3 Å². The van der Waals surface area contributed by atoms with Crippen molar-refractivity contribution in [2.45, 2.75) is 64.2 Å². The maximum atomic E-state index is 13.2. The van der Waals surface area contributed by atoms with E-state index < -0.39 is 29.3 Å². The molecule has 1 N–H and O–H groups in total. The third-order valence-electron chi connectivity index (χ3n) is 7.62. The molecule has 0 heterocycles. The zero-order valence-electron chi connectivity index (χ0n) is 24.0. The fourth-order valence-electron chi connectivity index (χ4n) is 4.86. The largest absolute Gasteiger partial charge is 0.465 e. The summed E-state index contributed by atoms with van der Waals surface area (Å²) in [5, 5.41) is 2.75. The van der Waals surface area contributed by atoms with Crippen molar-refractivity contribution in [1.82, 2.24) is 5.32 Å². The molecule has 0 spiro atoms. The predicted octanol–water partition coefficient (Wildman–Crippen LogP) is 7.45. The van der Waals surface area contributed by atoms with E-state index in [1.54, 1.807) is 6.08 Å². The van der Waals surface area contributed by atoms with E-state index in [-0.39, 0.29) is 41.1 Å². The van der Waals surface area contributed by atoms with Gasteiger partial charge in [-0.1, -0.05) is 24.8 Å². The number of hydrogen-bond donors (Lipinski definition) is 1. The number of benzene rings is 1. The third kappa shape index (κ3) is 9.21. The molecule has 11 heteroatoms. The van der Waals surface area contributed by atoms with Crippen LogP contribution in [0.2, 0.25) is 0 Å². The third-order valence-corrected chi connectivity index (χ3v) is 7.62. The summed E-state index contributed by atoms with van der Waals surface area (Å²) >= 11 is 0. The van der Waals surface area contributed by atoms with Crippen molar-refractivity contribution in [2.75, 3.05) is 13.2 Å². The van der Waals surface area contributed by atoms with E-state index in [4.69, 9.17) is 4.74 Å². The van der Waals surface area contributed by atoms with Gasteiger partial charge in [0.15, 0.2) is 5.78 Å². The molecule has 3 aliphatic carbocycles. The van der Waals surface area contributed by atoms with Crippen LogP contribution in [0, 0.1) is 11.8 Å². The lowest BCUT2D eigenvalue weighted by Crippen LogP contribution is -2.22. The number of allylic oxidation sites excluding steroid dienone is 6. The molecule has 0 aromatic heterocycles. The molecule has 2 atom stereocenters. The number of amides is 1. The lowest BCUT2D eigenvalue weighted by atomic mass is 9.82. The Hall–Kier alpha value is -4.07. The number of esters is 1. The molecule has 234 valence electrons. The zero-order valence-corrected chi connectivity index (χ0v) is 24.0. The van der Waals surface area contributed by atoms with Crippen LogP contribution in [0.15, 0.2) is 70.2 Å². The van der Waals surface area contributed by atoms with Gasteiger partial charge >= 0.3 is 18.3 Å². The van der Waals surface area contributed by atoms with E-state index in [0.717, 1.165) is 18.9 Å². The molecule has 0 bridgehead atoms. The fraction of sp³-hybridized carbons (Fsp3) is 0.424. The van der Waals surface area contributed by atoms with Gasteiger partial charge in [0.1, 0.15) is 0 Å². The summed E-state index contributed by atoms with van der Waals surface area (Å²) in [6.07, 6.45) is -0.512. The first-order chi connectivity index (χ1) is 20.7. The predicted molar refractivity (Wildman–Crippen MR) is 150 cm³/mol. The summed E-state index contributed by atoms with van der Waals surface area (Å²) in [6, 6.07) is 1.19. The van der Waals surface area contributed by atoms with Gasteiger partial charge in [-0.3, -0.25) is 14.4 Å². The van der Waals surface area contributed by atoms with Crippen molar-refractivity contribution < 1.29 is 45.5 Å². The van der Waals surface area contributed by atoms with Gasteiger partial charge in [0, 0.05) is 30.2 Å². The first-order valence-corrected chi connectivity index (χ1v) is 14.3. The molecule has 2 saturated carbocycles. The minimum Gasteiger partial charge on any atom is -0.465 e. The molecule has 1 amide bonds. The Kier molecular flexibility index (Phi) is 10.2. The number of carbonyl (C=O) groups excluding carboxylic acids is 3. The van der Waals surface area contributed by atoms with Crippen molar-refractivity contribution in [3.8, 4) is 0 Å². The molecule has 44 heavy (non-hydrogen) atoms. The molecular formula is C33H31F6NO4. The number of ketones is 1. The van der Waals surface area contributed by atoms with Crippen LogP contribution in [-0.4, -0.2) is 30.8 Å². The number of halogens is 6. The van der Waals surface area contributed by atoms with Gasteiger partial charge in [-0.25, -0.2) is 0 Å². The van der Waals surface area contributed by atoms with Crippen molar-refractivity contribution in [3.05, 3.63) is 86.9 Å². The highest BCUT2D eigenvalue weighted by molar-refractivity contribution is 6.14. The van der Waals surface area contributed by atoms with Crippen LogP contribution in [0.25, 0.3) is 6.08 Å². The molecule has 3 aliphatic rings. The van der Waals surface area contributed by atoms with Crippen molar-refractivity contribution >= 4 is 23.7 Å². The second-order valence-electron chi connectivity index (χ2n) is 11.2. The molecule has 2 fully saturated rings. The number of unbranched alkanes of at least 4 members (excludes halogenated alkanes) is 2. The number of rotatable bonds is 11. The Morgan fingerprint density at radius 1 is 1.00 bits per heavy atom. The zero-order chi connectivity index (χ0) is 32.1. The van der Waals surface area contributed by atoms with Crippen LogP contribution in [-0.2, 0) is 31.5 Å². The van der Waals surface area contributed by atoms with Crippen LogP contribution in [0.1, 0.15) is 68.6 Å². The number of nitrogens with one attached hydrogen (secondary N) is 1. The number of carbonyl (C=O) groups is 3. The monoisotopic (exact) mass is 619 g/mol. The fourth-order valence-corrected chi connectivity index (χ4v) is 4.86. The summed E-state index contributed by atoms with van der Waals surface area (Å²) in [5.41, 5.74) is 3.42.